The molecule has 4 aromatic rings. The van der Waals surface area contributed by atoms with Crippen molar-refractivity contribution >= 4 is 28.6 Å². The standard InChI is InChI=1S/C25H28N8O2/c1-3-5-10-18-30-31-23(35-18)22-29-19-20(26-15-27-21(19)33(22)4-2)32-13-11-25(12-14-32)16-8-6-7-9-17(16)28-24(25)34/h6-9,15H,3-5,10-14H2,1-2H3,(H,28,34). The van der Waals surface area contributed by atoms with Crippen LogP contribution in [0.3, 0.4) is 0 Å². The number of hydrogen-bond donors (Lipinski definition) is 1. The van der Waals surface area contributed by atoms with Gasteiger partial charge >= 0.3 is 0 Å². The largest absolute Gasteiger partial charge is 0.418 e. The predicted octanol–water partition coefficient (Wildman–Crippen LogP) is 3.73. The fraction of sp³-hybridized carbons (Fsp3) is 0.440. The Balaban J connectivity index is 1.32. The fourth-order valence-corrected chi connectivity index (χ4v) is 5.36. The van der Waals surface area contributed by atoms with Gasteiger partial charge in [-0.3, -0.25) is 4.79 Å². The smallest absolute Gasteiger partial charge is 0.284 e. The summed E-state index contributed by atoms with van der Waals surface area (Å²) >= 11 is 0. The summed E-state index contributed by atoms with van der Waals surface area (Å²) in [4.78, 5) is 29.2. The number of anilines is 2. The van der Waals surface area contributed by atoms with Crippen molar-refractivity contribution in [2.75, 3.05) is 23.3 Å². The lowest BCUT2D eigenvalue weighted by atomic mass is 9.73. The van der Waals surface area contributed by atoms with Gasteiger partial charge in [0, 0.05) is 31.7 Å². The molecule has 3 aromatic heterocycles. The minimum atomic E-state index is -0.480. The number of rotatable bonds is 6. The van der Waals surface area contributed by atoms with Crippen LogP contribution in [0, 0.1) is 0 Å². The molecule has 1 fully saturated rings. The number of aromatic nitrogens is 6. The van der Waals surface area contributed by atoms with Gasteiger partial charge in [-0.1, -0.05) is 31.5 Å². The molecule has 0 atom stereocenters. The summed E-state index contributed by atoms with van der Waals surface area (Å²) in [6, 6.07) is 8.01. The SMILES string of the molecule is CCCCc1nnc(-c2nc3c(N4CCC5(CC4)C(=O)Nc4ccccc45)ncnc3n2CC)o1. The summed E-state index contributed by atoms with van der Waals surface area (Å²) in [5.41, 5.74) is 3.01. The Bertz CT molecular complexity index is 1400. The molecule has 0 radical (unpaired) electrons. The van der Waals surface area contributed by atoms with E-state index in [1.807, 2.05) is 29.7 Å². The molecule has 0 aliphatic carbocycles. The van der Waals surface area contributed by atoms with Crippen molar-refractivity contribution in [3.8, 4) is 11.7 Å². The fourth-order valence-electron chi connectivity index (χ4n) is 5.36. The highest BCUT2D eigenvalue weighted by atomic mass is 16.4. The van der Waals surface area contributed by atoms with E-state index in [0.29, 0.717) is 55.6 Å². The van der Waals surface area contributed by atoms with Gasteiger partial charge in [0.05, 0.1) is 5.41 Å². The molecule has 10 nitrogen and oxygen atoms in total. The first kappa shape index (κ1) is 21.7. The molecule has 1 spiro atoms. The summed E-state index contributed by atoms with van der Waals surface area (Å²) in [7, 11) is 0. The second kappa shape index (κ2) is 8.44. The predicted molar refractivity (Wildman–Crippen MR) is 131 cm³/mol. The molecule has 2 aliphatic rings. The highest BCUT2D eigenvalue weighted by Gasteiger charge is 2.48. The molecule has 0 unspecified atom stereocenters. The molecule has 1 amide bonds. The first-order chi connectivity index (χ1) is 17.1. The number of unbranched alkanes of at least 4 members (excludes halogenated alkanes) is 1. The number of aryl methyl sites for hydroxylation is 2. The summed E-state index contributed by atoms with van der Waals surface area (Å²) in [5.74, 6) is 2.50. The zero-order valence-corrected chi connectivity index (χ0v) is 20.0. The lowest BCUT2D eigenvalue weighted by Crippen LogP contribution is -2.46. The molecule has 0 bridgehead atoms. The zero-order chi connectivity index (χ0) is 24.0. The average molecular weight is 473 g/mol. The first-order valence-corrected chi connectivity index (χ1v) is 12.3. The van der Waals surface area contributed by atoms with Crippen molar-refractivity contribution in [2.45, 2.75) is 57.9 Å². The number of carbonyl (C=O) groups excluding carboxylic acids is 1. The summed E-state index contributed by atoms with van der Waals surface area (Å²) < 4.78 is 7.92. The van der Waals surface area contributed by atoms with Gasteiger partial charge in [0.15, 0.2) is 17.0 Å². The van der Waals surface area contributed by atoms with E-state index < -0.39 is 5.41 Å². The van der Waals surface area contributed by atoms with Crippen LogP contribution in [0.25, 0.3) is 22.9 Å². The maximum atomic E-state index is 13.0. The topological polar surface area (TPSA) is 115 Å². The Morgan fingerprint density at radius 3 is 2.74 bits per heavy atom. The van der Waals surface area contributed by atoms with Gasteiger partial charge < -0.3 is 19.2 Å². The lowest BCUT2D eigenvalue weighted by molar-refractivity contribution is -0.121. The van der Waals surface area contributed by atoms with Crippen molar-refractivity contribution in [1.82, 2.24) is 29.7 Å². The molecule has 0 saturated carbocycles. The number of nitrogens with one attached hydrogen (secondary N) is 1. The maximum Gasteiger partial charge on any atom is 0.284 e. The Labute approximate surface area is 202 Å². The molecule has 35 heavy (non-hydrogen) atoms. The summed E-state index contributed by atoms with van der Waals surface area (Å²) in [6.07, 6.45) is 5.83. The second-order valence-corrected chi connectivity index (χ2v) is 9.22. The number of piperidine rings is 1. The van der Waals surface area contributed by atoms with Gasteiger partial charge in [0.1, 0.15) is 6.33 Å². The van der Waals surface area contributed by atoms with E-state index in [-0.39, 0.29) is 5.91 Å². The van der Waals surface area contributed by atoms with Gasteiger partial charge in [-0.15, -0.1) is 10.2 Å². The number of para-hydroxylation sites is 1. The van der Waals surface area contributed by atoms with Gasteiger partial charge in [-0.05, 0) is 37.8 Å². The number of amides is 1. The zero-order valence-electron chi connectivity index (χ0n) is 20.0. The lowest BCUT2D eigenvalue weighted by Gasteiger charge is -2.38. The number of carbonyl (C=O) groups is 1. The molecular weight excluding hydrogens is 444 g/mol. The number of imidazole rings is 1. The van der Waals surface area contributed by atoms with Crippen LogP contribution in [-0.2, 0) is 23.2 Å². The van der Waals surface area contributed by atoms with Crippen LogP contribution in [0.4, 0.5) is 11.5 Å². The van der Waals surface area contributed by atoms with Gasteiger partial charge in [-0.25, -0.2) is 15.0 Å². The van der Waals surface area contributed by atoms with Crippen LogP contribution < -0.4 is 10.2 Å². The van der Waals surface area contributed by atoms with Crippen LogP contribution in [0.2, 0.25) is 0 Å². The number of fused-ring (bicyclic) bond motifs is 3. The molecule has 10 heteroatoms. The molecule has 1 saturated heterocycles. The highest BCUT2D eigenvalue weighted by molar-refractivity contribution is 6.06. The quantitative estimate of drug-likeness (QED) is 0.451. The van der Waals surface area contributed by atoms with Crippen molar-refractivity contribution in [1.29, 1.82) is 0 Å². The van der Waals surface area contributed by atoms with E-state index in [1.54, 1.807) is 6.33 Å². The molecule has 180 valence electrons. The van der Waals surface area contributed by atoms with Crippen LogP contribution in [0.1, 0.15) is 51.0 Å². The molecular formula is C25H28N8O2. The van der Waals surface area contributed by atoms with Gasteiger partial charge in [0.2, 0.25) is 17.6 Å². The van der Waals surface area contributed by atoms with E-state index in [4.69, 9.17) is 9.40 Å². The van der Waals surface area contributed by atoms with Gasteiger partial charge in [0.25, 0.3) is 5.89 Å². The third-order valence-electron chi connectivity index (χ3n) is 7.27. The Morgan fingerprint density at radius 2 is 1.94 bits per heavy atom. The average Bonchev–Trinajstić information content (AvgIpc) is 3.58. The molecule has 2 aliphatic heterocycles. The van der Waals surface area contributed by atoms with E-state index >= 15 is 0 Å². The maximum absolute atomic E-state index is 13.0. The van der Waals surface area contributed by atoms with Crippen molar-refractivity contribution in [3.05, 3.63) is 42.0 Å². The normalized spacial score (nSPS) is 16.7. The van der Waals surface area contributed by atoms with E-state index in [2.05, 4.69) is 43.4 Å². The number of nitrogens with zero attached hydrogens (tertiary/aromatic N) is 7. The third-order valence-corrected chi connectivity index (χ3v) is 7.27. The summed E-state index contributed by atoms with van der Waals surface area (Å²) in [6.45, 7) is 6.23. The second-order valence-electron chi connectivity index (χ2n) is 9.22. The van der Waals surface area contributed by atoms with Crippen LogP contribution in [-0.4, -0.2) is 48.7 Å². The highest BCUT2D eigenvalue weighted by Crippen LogP contribution is 2.45. The van der Waals surface area contributed by atoms with Crippen LogP contribution in [0.5, 0.6) is 0 Å². The Morgan fingerprint density at radius 1 is 1.11 bits per heavy atom. The minimum absolute atomic E-state index is 0.0963. The third kappa shape index (κ3) is 3.38. The molecule has 1 aromatic carbocycles. The van der Waals surface area contributed by atoms with E-state index in [0.717, 1.165) is 42.0 Å². The molecule has 5 heterocycles. The minimum Gasteiger partial charge on any atom is -0.418 e. The van der Waals surface area contributed by atoms with E-state index in [9.17, 15) is 4.79 Å². The molecule has 1 N–H and O–H groups in total. The van der Waals surface area contributed by atoms with Crippen molar-refractivity contribution in [2.24, 2.45) is 0 Å². The number of hydrogen-bond acceptors (Lipinski definition) is 8. The van der Waals surface area contributed by atoms with Crippen molar-refractivity contribution < 1.29 is 9.21 Å². The Kier molecular flexibility index (Phi) is 5.23. The molecule has 6 rings (SSSR count). The summed E-state index contributed by atoms with van der Waals surface area (Å²) in [5, 5.41) is 11.5. The van der Waals surface area contributed by atoms with Gasteiger partial charge in [-0.2, -0.15) is 0 Å². The van der Waals surface area contributed by atoms with Crippen LogP contribution >= 0.6 is 0 Å². The monoisotopic (exact) mass is 472 g/mol. The van der Waals surface area contributed by atoms with Crippen LogP contribution in [0.15, 0.2) is 35.0 Å². The first-order valence-electron chi connectivity index (χ1n) is 12.3. The van der Waals surface area contributed by atoms with E-state index in [1.165, 1.54) is 0 Å². The van der Waals surface area contributed by atoms with Crippen molar-refractivity contribution in [3.63, 3.8) is 0 Å². The number of benzene rings is 1. The Hall–Kier alpha value is -3.82.